The minimum Gasteiger partial charge on any atom is -0.317 e. The van der Waals surface area contributed by atoms with Crippen LogP contribution in [0.4, 0.5) is 5.69 Å². The first-order chi connectivity index (χ1) is 6.74. The number of aromatic nitrogens is 2. The average Bonchev–Trinajstić information content (AvgIpc) is 2.59. The number of nitrogens with zero attached hydrogens (tertiary/aromatic N) is 3. The molecule has 0 unspecified atom stereocenters. The zero-order valence-corrected chi connectivity index (χ0v) is 9.20. The van der Waals surface area contributed by atoms with Crippen molar-refractivity contribution < 1.29 is 0 Å². The summed E-state index contributed by atoms with van der Waals surface area (Å²) >= 11 is 4.41. The van der Waals surface area contributed by atoms with Gasteiger partial charge in [0.25, 0.3) is 0 Å². The van der Waals surface area contributed by atoms with Crippen molar-refractivity contribution in [2.24, 2.45) is 7.05 Å². The zero-order valence-electron chi connectivity index (χ0n) is 8.31. The quantitative estimate of drug-likeness (QED) is 0.762. The highest BCUT2D eigenvalue weighted by Crippen LogP contribution is 2.26. The van der Waals surface area contributed by atoms with Crippen LogP contribution in [0.3, 0.4) is 0 Å². The van der Waals surface area contributed by atoms with E-state index in [4.69, 9.17) is 0 Å². The first-order valence-corrected chi connectivity index (χ1v) is 5.01. The molecule has 2 rings (SSSR count). The number of benzene rings is 1. The van der Waals surface area contributed by atoms with Gasteiger partial charge in [0.1, 0.15) is 0 Å². The van der Waals surface area contributed by atoms with Gasteiger partial charge in [-0.15, -0.1) is 0 Å². The summed E-state index contributed by atoms with van der Waals surface area (Å²) in [4.78, 5) is 0. The largest absolute Gasteiger partial charge is 0.317 e. The summed E-state index contributed by atoms with van der Waals surface area (Å²) in [5.74, 6) is 0. The monoisotopic (exact) mass is 207 g/mol. The molecule has 0 bridgehead atoms. The second kappa shape index (κ2) is 3.53. The first-order valence-electron chi connectivity index (χ1n) is 4.61. The average molecular weight is 207 g/mol. The van der Waals surface area contributed by atoms with Gasteiger partial charge in [-0.05, 0) is 13.0 Å². The lowest BCUT2D eigenvalue weighted by Crippen LogP contribution is -2.10. The maximum Gasteiger partial charge on any atom is 0.0920 e. The van der Waals surface area contributed by atoms with Gasteiger partial charge >= 0.3 is 0 Å². The molecule has 1 aromatic carbocycles. The van der Waals surface area contributed by atoms with Crippen LogP contribution < -0.4 is 4.31 Å². The first kappa shape index (κ1) is 9.40. The van der Waals surface area contributed by atoms with Crippen LogP contribution in [0.2, 0.25) is 0 Å². The summed E-state index contributed by atoms with van der Waals surface area (Å²) < 4.78 is 3.80. The van der Waals surface area contributed by atoms with E-state index in [0.717, 1.165) is 23.1 Å². The summed E-state index contributed by atoms with van der Waals surface area (Å²) in [6.07, 6.45) is 1.87. The zero-order chi connectivity index (χ0) is 10.1. The molecule has 4 heteroatoms. The van der Waals surface area contributed by atoms with Crippen LogP contribution in [-0.4, -0.2) is 16.3 Å². The van der Waals surface area contributed by atoms with Gasteiger partial charge in [0, 0.05) is 19.0 Å². The molecule has 0 fully saturated rings. The van der Waals surface area contributed by atoms with Crippen molar-refractivity contribution in [2.45, 2.75) is 6.92 Å². The predicted molar refractivity (Wildman–Crippen MR) is 62.7 cm³/mol. The molecule has 0 atom stereocenters. The Kier molecular flexibility index (Phi) is 2.37. The van der Waals surface area contributed by atoms with Crippen molar-refractivity contribution >= 4 is 29.4 Å². The van der Waals surface area contributed by atoms with Crippen LogP contribution in [0.1, 0.15) is 6.92 Å². The Morgan fingerprint density at radius 3 is 3.00 bits per heavy atom. The molecule has 1 aromatic heterocycles. The van der Waals surface area contributed by atoms with Crippen molar-refractivity contribution in [2.75, 3.05) is 10.8 Å². The van der Waals surface area contributed by atoms with E-state index in [2.05, 4.69) is 37.0 Å². The fourth-order valence-electron chi connectivity index (χ4n) is 1.59. The Bertz CT molecular complexity index is 450. The number of hydrogen-bond donors (Lipinski definition) is 1. The molecular weight excluding hydrogens is 194 g/mol. The lowest BCUT2D eigenvalue weighted by Gasteiger charge is -2.16. The molecule has 0 aliphatic carbocycles. The van der Waals surface area contributed by atoms with Crippen molar-refractivity contribution in [3.63, 3.8) is 0 Å². The highest BCUT2D eigenvalue weighted by molar-refractivity contribution is 7.81. The highest BCUT2D eigenvalue weighted by atomic mass is 32.1. The molecule has 0 aliphatic heterocycles. The maximum atomic E-state index is 4.41. The Morgan fingerprint density at radius 1 is 1.50 bits per heavy atom. The third-order valence-electron chi connectivity index (χ3n) is 2.32. The fraction of sp³-hybridized carbons (Fsp3) is 0.300. The summed E-state index contributed by atoms with van der Waals surface area (Å²) in [6, 6.07) is 6.14. The van der Waals surface area contributed by atoms with Gasteiger partial charge < -0.3 is 4.31 Å². The van der Waals surface area contributed by atoms with E-state index in [9.17, 15) is 0 Å². The highest BCUT2D eigenvalue weighted by Gasteiger charge is 2.08. The van der Waals surface area contributed by atoms with Crippen LogP contribution in [0.25, 0.3) is 10.9 Å². The van der Waals surface area contributed by atoms with E-state index in [-0.39, 0.29) is 0 Å². The van der Waals surface area contributed by atoms with Gasteiger partial charge in [-0.1, -0.05) is 24.9 Å². The van der Waals surface area contributed by atoms with E-state index in [1.807, 2.05) is 28.3 Å². The summed E-state index contributed by atoms with van der Waals surface area (Å²) in [7, 11) is 1.95. The molecule has 0 radical (unpaired) electrons. The Hall–Kier alpha value is -1.16. The predicted octanol–water partition coefficient (Wildman–Crippen LogP) is 2.24. The Balaban J connectivity index is 2.69. The van der Waals surface area contributed by atoms with Crippen molar-refractivity contribution in [3.05, 3.63) is 24.4 Å². The molecule has 0 N–H and O–H groups in total. The third kappa shape index (κ3) is 1.35. The van der Waals surface area contributed by atoms with Crippen LogP contribution in [0.15, 0.2) is 24.4 Å². The molecule has 0 spiro atoms. The van der Waals surface area contributed by atoms with Gasteiger partial charge in [0.2, 0.25) is 0 Å². The molecule has 1 heterocycles. The standard InChI is InChI=1S/C10H13N3S/c1-3-13(14)9-6-4-5-8-7-11-12(2)10(8)9/h4-7,14H,3H2,1-2H3. The van der Waals surface area contributed by atoms with Gasteiger partial charge in [0.05, 0.1) is 17.4 Å². The fourth-order valence-corrected chi connectivity index (χ4v) is 1.75. The molecule has 0 amide bonds. The van der Waals surface area contributed by atoms with Crippen molar-refractivity contribution in [1.29, 1.82) is 0 Å². The van der Waals surface area contributed by atoms with Crippen LogP contribution in [0, 0.1) is 0 Å². The number of thiol groups is 1. The molecule has 0 saturated heterocycles. The van der Waals surface area contributed by atoms with Crippen LogP contribution in [0.5, 0.6) is 0 Å². The lowest BCUT2D eigenvalue weighted by atomic mass is 10.2. The Morgan fingerprint density at radius 2 is 2.29 bits per heavy atom. The van der Waals surface area contributed by atoms with E-state index in [1.54, 1.807) is 0 Å². The summed E-state index contributed by atoms with van der Waals surface area (Å²) in [5, 5.41) is 5.38. The number of fused-ring (bicyclic) bond motifs is 1. The molecular formula is C10H13N3S. The molecule has 2 aromatic rings. The minimum absolute atomic E-state index is 0.868. The lowest BCUT2D eigenvalue weighted by molar-refractivity contribution is 0.796. The van der Waals surface area contributed by atoms with Crippen LogP contribution in [-0.2, 0) is 7.05 Å². The van der Waals surface area contributed by atoms with E-state index < -0.39 is 0 Å². The molecule has 0 aliphatic rings. The van der Waals surface area contributed by atoms with Gasteiger partial charge in [-0.25, -0.2) is 0 Å². The number of aryl methyl sites for hydroxylation is 1. The smallest absolute Gasteiger partial charge is 0.0920 e. The van der Waals surface area contributed by atoms with E-state index >= 15 is 0 Å². The second-order valence-electron chi connectivity index (χ2n) is 3.20. The Labute approximate surface area is 88.9 Å². The summed E-state index contributed by atoms with van der Waals surface area (Å²) in [5.41, 5.74) is 2.23. The SMILES string of the molecule is CCN(S)c1cccc2cnn(C)c12. The molecule has 0 saturated carbocycles. The van der Waals surface area contributed by atoms with E-state index in [1.165, 1.54) is 0 Å². The van der Waals surface area contributed by atoms with Gasteiger partial charge in [-0.3, -0.25) is 4.68 Å². The minimum atomic E-state index is 0.868. The number of anilines is 1. The maximum absolute atomic E-state index is 4.41. The van der Waals surface area contributed by atoms with Crippen molar-refractivity contribution in [3.8, 4) is 0 Å². The van der Waals surface area contributed by atoms with Crippen molar-refractivity contribution in [1.82, 2.24) is 9.78 Å². The van der Waals surface area contributed by atoms with Gasteiger partial charge in [0.15, 0.2) is 0 Å². The summed E-state index contributed by atoms with van der Waals surface area (Å²) in [6.45, 7) is 2.94. The van der Waals surface area contributed by atoms with Gasteiger partial charge in [-0.2, -0.15) is 5.10 Å². The second-order valence-corrected chi connectivity index (χ2v) is 3.68. The number of rotatable bonds is 2. The number of hydrogen-bond acceptors (Lipinski definition) is 3. The number of para-hydroxylation sites is 1. The van der Waals surface area contributed by atoms with Crippen LogP contribution >= 0.6 is 12.8 Å². The molecule has 14 heavy (non-hydrogen) atoms. The molecule has 3 nitrogen and oxygen atoms in total. The molecule has 74 valence electrons. The third-order valence-corrected chi connectivity index (χ3v) is 2.82. The topological polar surface area (TPSA) is 21.1 Å². The van der Waals surface area contributed by atoms with E-state index in [0.29, 0.717) is 0 Å². The normalized spacial score (nSPS) is 10.8.